The lowest BCUT2D eigenvalue weighted by Gasteiger charge is -2.09. The van der Waals surface area contributed by atoms with E-state index in [1.165, 1.54) is 18.9 Å². The van der Waals surface area contributed by atoms with E-state index in [0.717, 1.165) is 16.9 Å². The van der Waals surface area contributed by atoms with E-state index in [9.17, 15) is 4.79 Å². The first-order chi connectivity index (χ1) is 7.13. The highest BCUT2D eigenvalue weighted by Crippen LogP contribution is 2.30. The lowest BCUT2D eigenvalue weighted by molar-refractivity contribution is 0.0600. The fraction of sp³-hybridized carbons (Fsp3) is 0.364. The maximum atomic E-state index is 11.5. The van der Waals surface area contributed by atoms with Gasteiger partial charge in [0.2, 0.25) is 0 Å². The third-order valence-electron chi connectivity index (χ3n) is 2.13. The molecule has 2 nitrogen and oxygen atoms in total. The zero-order valence-electron chi connectivity index (χ0n) is 8.96. The second kappa shape index (κ2) is 5.42. The topological polar surface area (TPSA) is 26.3 Å². The minimum Gasteiger partial charge on any atom is -0.465 e. The van der Waals surface area contributed by atoms with Crippen LogP contribution < -0.4 is 0 Å². The Hall–Kier alpha value is -0.670. The summed E-state index contributed by atoms with van der Waals surface area (Å²) in [5.74, 6) is -0.384. The predicted molar refractivity (Wildman–Crippen MR) is 64.0 cm³/mol. The van der Waals surface area contributed by atoms with Crippen molar-refractivity contribution in [1.82, 2.24) is 0 Å². The maximum absolute atomic E-state index is 11.5. The highest BCUT2D eigenvalue weighted by Gasteiger charge is 2.14. The van der Waals surface area contributed by atoms with Crippen molar-refractivity contribution in [3.63, 3.8) is 0 Å². The van der Waals surface area contributed by atoms with Crippen molar-refractivity contribution in [2.24, 2.45) is 0 Å². The molecular weight excluding hydrogens is 232 g/mol. The normalized spacial score (nSPS) is 10.1. The van der Waals surface area contributed by atoms with Gasteiger partial charge in [-0.25, -0.2) is 4.79 Å². The highest BCUT2D eigenvalue weighted by atomic mass is 35.5. The number of hydrogen-bond donors (Lipinski definition) is 0. The smallest absolute Gasteiger partial charge is 0.339 e. The van der Waals surface area contributed by atoms with Crippen LogP contribution in [0.15, 0.2) is 17.0 Å². The Balaban J connectivity index is 3.30. The van der Waals surface area contributed by atoms with Gasteiger partial charge in [-0.1, -0.05) is 18.5 Å². The van der Waals surface area contributed by atoms with Crippen molar-refractivity contribution in [2.75, 3.05) is 13.4 Å². The molecule has 0 aliphatic rings. The second-order valence-electron chi connectivity index (χ2n) is 3.00. The van der Waals surface area contributed by atoms with Crippen LogP contribution in [0.25, 0.3) is 0 Å². The van der Waals surface area contributed by atoms with Crippen molar-refractivity contribution >= 4 is 29.3 Å². The molecule has 0 fully saturated rings. The number of thioether (sulfide) groups is 1. The quantitative estimate of drug-likeness (QED) is 0.602. The van der Waals surface area contributed by atoms with E-state index in [-0.39, 0.29) is 5.97 Å². The maximum Gasteiger partial charge on any atom is 0.339 e. The predicted octanol–water partition coefficient (Wildman–Crippen LogP) is 3.41. The molecule has 0 atom stereocenters. The van der Waals surface area contributed by atoms with Crippen molar-refractivity contribution in [1.29, 1.82) is 0 Å². The fourth-order valence-corrected chi connectivity index (χ4v) is 2.24. The Bertz CT molecular complexity index is 377. The monoisotopic (exact) mass is 244 g/mol. The number of esters is 1. The van der Waals surface area contributed by atoms with Gasteiger partial charge in [0.05, 0.1) is 17.7 Å². The molecule has 0 bridgehead atoms. The van der Waals surface area contributed by atoms with Crippen molar-refractivity contribution in [2.45, 2.75) is 18.2 Å². The molecule has 0 N–H and O–H groups in total. The molecule has 1 rings (SSSR count). The first kappa shape index (κ1) is 12.4. The number of halogens is 1. The lowest BCUT2D eigenvalue weighted by Crippen LogP contribution is -2.03. The molecule has 0 aliphatic carbocycles. The molecule has 82 valence electrons. The summed E-state index contributed by atoms with van der Waals surface area (Å²) in [6.45, 7) is 2.04. The Labute approximate surface area is 99.0 Å². The lowest BCUT2D eigenvalue weighted by atomic mass is 10.1. The first-order valence-corrected chi connectivity index (χ1v) is 6.19. The van der Waals surface area contributed by atoms with E-state index < -0.39 is 0 Å². The molecule has 0 aromatic heterocycles. The Kier molecular flexibility index (Phi) is 4.48. The molecule has 0 spiro atoms. The molecule has 0 aliphatic heterocycles. The highest BCUT2D eigenvalue weighted by molar-refractivity contribution is 7.98. The van der Waals surface area contributed by atoms with Crippen LogP contribution in [0.5, 0.6) is 0 Å². The van der Waals surface area contributed by atoms with Crippen LogP contribution in [0.2, 0.25) is 5.02 Å². The number of benzene rings is 1. The third kappa shape index (κ3) is 2.67. The summed E-state index contributed by atoms with van der Waals surface area (Å²) in [6.07, 6.45) is 2.80. The molecule has 0 unspecified atom stereocenters. The largest absolute Gasteiger partial charge is 0.465 e. The summed E-state index contributed by atoms with van der Waals surface area (Å²) in [4.78, 5) is 12.4. The van der Waals surface area contributed by atoms with Gasteiger partial charge in [0.25, 0.3) is 0 Å². The average Bonchev–Trinajstić information content (AvgIpc) is 2.28. The van der Waals surface area contributed by atoms with Crippen LogP contribution >= 0.6 is 23.4 Å². The Morgan fingerprint density at radius 1 is 1.53 bits per heavy atom. The number of rotatable bonds is 3. The first-order valence-electron chi connectivity index (χ1n) is 4.58. The zero-order valence-corrected chi connectivity index (χ0v) is 10.5. The second-order valence-corrected chi connectivity index (χ2v) is 4.23. The molecule has 4 heteroatoms. The molecule has 0 saturated heterocycles. The van der Waals surface area contributed by atoms with Crippen LogP contribution in [-0.2, 0) is 11.2 Å². The summed E-state index contributed by atoms with van der Waals surface area (Å²) in [6, 6.07) is 3.79. The Morgan fingerprint density at radius 2 is 2.20 bits per heavy atom. The number of methoxy groups -OCH3 is 1. The average molecular weight is 245 g/mol. The number of aryl methyl sites for hydroxylation is 1. The van der Waals surface area contributed by atoms with Crippen molar-refractivity contribution in [3.8, 4) is 0 Å². The van der Waals surface area contributed by atoms with E-state index in [0.29, 0.717) is 10.6 Å². The summed E-state index contributed by atoms with van der Waals surface area (Å²) < 4.78 is 4.68. The summed E-state index contributed by atoms with van der Waals surface area (Å²) in [5, 5.41) is 0.478. The fourth-order valence-electron chi connectivity index (χ4n) is 1.27. The van der Waals surface area contributed by atoms with Crippen molar-refractivity contribution in [3.05, 3.63) is 28.3 Å². The minimum absolute atomic E-state index is 0.384. The van der Waals surface area contributed by atoms with E-state index in [1.807, 2.05) is 19.2 Å². The van der Waals surface area contributed by atoms with Gasteiger partial charge in [0.15, 0.2) is 0 Å². The van der Waals surface area contributed by atoms with E-state index in [4.69, 9.17) is 11.6 Å². The van der Waals surface area contributed by atoms with Gasteiger partial charge in [-0.15, -0.1) is 11.8 Å². The molecular formula is C11H13ClO2S. The minimum atomic E-state index is -0.384. The van der Waals surface area contributed by atoms with Gasteiger partial charge >= 0.3 is 5.97 Å². The molecule has 0 amide bonds. The molecule has 1 aromatic rings. The third-order valence-corrected chi connectivity index (χ3v) is 3.41. The van der Waals surface area contributed by atoms with Gasteiger partial charge in [-0.05, 0) is 30.4 Å². The van der Waals surface area contributed by atoms with Crippen LogP contribution in [0.3, 0.4) is 0 Å². The molecule has 0 radical (unpaired) electrons. The molecule has 0 saturated carbocycles. The SMILES string of the molecule is CCc1cc(SC)c(Cl)c(C(=O)OC)c1. The summed E-state index contributed by atoms with van der Waals surface area (Å²) in [5.41, 5.74) is 1.53. The summed E-state index contributed by atoms with van der Waals surface area (Å²) >= 11 is 7.62. The van der Waals surface area contributed by atoms with Crippen LogP contribution in [0.1, 0.15) is 22.8 Å². The van der Waals surface area contributed by atoms with Crippen molar-refractivity contribution < 1.29 is 9.53 Å². The van der Waals surface area contributed by atoms with Gasteiger partial charge in [0, 0.05) is 4.90 Å². The van der Waals surface area contributed by atoms with Gasteiger partial charge in [-0.2, -0.15) is 0 Å². The van der Waals surface area contributed by atoms with Gasteiger partial charge in [-0.3, -0.25) is 0 Å². The standard InChI is InChI=1S/C11H13ClO2S/c1-4-7-5-8(11(13)14-2)10(12)9(6-7)15-3/h5-6H,4H2,1-3H3. The molecule has 15 heavy (non-hydrogen) atoms. The van der Waals surface area contributed by atoms with E-state index >= 15 is 0 Å². The van der Waals surface area contributed by atoms with Gasteiger partial charge in [0.1, 0.15) is 0 Å². The van der Waals surface area contributed by atoms with Crippen LogP contribution in [-0.4, -0.2) is 19.3 Å². The summed E-state index contributed by atoms with van der Waals surface area (Å²) in [7, 11) is 1.36. The van der Waals surface area contributed by atoms with Gasteiger partial charge < -0.3 is 4.74 Å². The van der Waals surface area contributed by atoms with E-state index in [2.05, 4.69) is 4.74 Å². The van der Waals surface area contributed by atoms with E-state index in [1.54, 1.807) is 6.07 Å². The Morgan fingerprint density at radius 3 is 2.67 bits per heavy atom. The molecule has 1 aromatic carbocycles. The molecule has 0 heterocycles. The number of carbonyl (C=O) groups is 1. The van der Waals surface area contributed by atoms with Crippen LogP contribution in [0.4, 0.5) is 0 Å². The number of hydrogen-bond acceptors (Lipinski definition) is 3. The number of carbonyl (C=O) groups excluding carboxylic acids is 1. The van der Waals surface area contributed by atoms with Crippen LogP contribution in [0, 0.1) is 0 Å². The number of ether oxygens (including phenoxy) is 1. The zero-order chi connectivity index (χ0) is 11.4.